The van der Waals surface area contributed by atoms with Crippen molar-refractivity contribution in [2.75, 3.05) is 10.8 Å². The molecule has 5 rings (SSSR count). The van der Waals surface area contributed by atoms with Crippen LogP contribution in [0.15, 0.2) is 120 Å². The summed E-state index contributed by atoms with van der Waals surface area (Å²) in [5.74, 6) is -0.680. The number of sulfonamides is 1. The van der Waals surface area contributed by atoms with Crippen molar-refractivity contribution in [2.45, 2.75) is 69.0 Å². The molecule has 1 atom stereocenters. The first-order valence-electron chi connectivity index (χ1n) is 15.7. The van der Waals surface area contributed by atoms with Gasteiger partial charge in [0.15, 0.2) is 0 Å². The first-order valence-corrected chi connectivity index (χ1v) is 17.1. The molecule has 1 fully saturated rings. The van der Waals surface area contributed by atoms with Crippen molar-refractivity contribution in [2.24, 2.45) is 0 Å². The lowest BCUT2D eigenvalue weighted by molar-refractivity contribution is -0.140. The number of nitrogens with one attached hydrogen (secondary N) is 1. The molecular weight excluding hydrogens is 582 g/mol. The quantitative estimate of drug-likeness (QED) is 0.194. The lowest BCUT2D eigenvalue weighted by atomic mass is 10.0. The van der Waals surface area contributed by atoms with Crippen LogP contribution in [0, 0.1) is 0 Å². The Labute approximate surface area is 266 Å². The smallest absolute Gasteiger partial charge is 0.264 e. The molecular formula is C37H41N3O4S. The van der Waals surface area contributed by atoms with Gasteiger partial charge in [-0.05, 0) is 60.2 Å². The zero-order valence-corrected chi connectivity index (χ0v) is 26.5. The van der Waals surface area contributed by atoms with Gasteiger partial charge in [0.05, 0.1) is 10.6 Å². The van der Waals surface area contributed by atoms with Gasteiger partial charge in [0.1, 0.15) is 12.6 Å². The van der Waals surface area contributed by atoms with Crippen LogP contribution < -0.4 is 9.62 Å². The summed E-state index contributed by atoms with van der Waals surface area (Å²) in [6, 6.07) is 33.8. The third-order valence-corrected chi connectivity index (χ3v) is 10.2. The number of anilines is 1. The number of carbonyl (C=O) groups is 2. The molecule has 0 radical (unpaired) electrons. The number of hydrogen-bond donors (Lipinski definition) is 1. The molecule has 2 amide bonds. The molecule has 0 saturated heterocycles. The monoisotopic (exact) mass is 623 g/mol. The molecule has 1 aliphatic carbocycles. The Morgan fingerprint density at radius 2 is 1.31 bits per heavy atom. The van der Waals surface area contributed by atoms with Crippen LogP contribution in [0.5, 0.6) is 0 Å². The maximum absolute atomic E-state index is 14.5. The van der Waals surface area contributed by atoms with Gasteiger partial charge in [-0.3, -0.25) is 13.9 Å². The summed E-state index contributed by atoms with van der Waals surface area (Å²) >= 11 is 0. The van der Waals surface area contributed by atoms with E-state index >= 15 is 0 Å². The molecule has 234 valence electrons. The van der Waals surface area contributed by atoms with E-state index in [1.807, 2.05) is 79.7 Å². The Kier molecular flexibility index (Phi) is 10.7. The molecule has 1 unspecified atom stereocenters. The van der Waals surface area contributed by atoms with Crippen LogP contribution in [0.25, 0.3) is 0 Å². The molecule has 7 nitrogen and oxygen atoms in total. The fourth-order valence-corrected chi connectivity index (χ4v) is 7.28. The van der Waals surface area contributed by atoms with Gasteiger partial charge in [0, 0.05) is 19.0 Å². The predicted octanol–water partition coefficient (Wildman–Crippen LogP) is 6.14. The number of benzene rings is 4. The molecule has 0 heterocycles. The summed E-state index contributed by atoms with van der Waals surface area (Å²) in [5.41, 5.74) is 3.21. The maximum atomic E-state index is 14.5. The van der Waals surface area contributed by atoms with Crippen molar-refractivity contribution in [3.63, 3.8) is 0 Å². The van der Waals surface area contributed by atoms with E-state index < -0.39 is 28.5 Å². The van der Waals surface area contributed by atoms with Gasteiger partial charge in [-0.1, -0.05) is 111 Å². The number of amides is 2. The van der Waals surface area contributed by atoms with E-state index in [1.165, 1.54) is 12.1 Å². The van der Waals surface area contributed by atoms with E-state index in [4.69, 9.17) is 0 Å². The van der Waals surface area contributed by atoms with Crippen molar-refractivity contribution in [3.05, 3.63) is 132 Å². The Morgan fingerprint density at radius 3 is 1.89 bits per heavy atom. The number of aryl methyl sites for hydroxylation is 1. The Balaban J connectivity index is 1.54. The zero-order valence-electron chi connectivity index (χ0n) is 25.7. The Bertz CT molecular complexity index is 1640. The van der Waals surface area contributed by atoms with Gasteiger partial charge < -0.3 is 10.2 Å². The van der Waals surface area contributed by atoms with Crippen LogP contribution in [0.3, 0.4) is 0 Å². The molecule has 0 aliphatic heterocycles. The van der Waals surface area contributed by atoms with Gasteiger partial charge >= 0.3 is 0 Å². The first-order chi connectivity index (χ1) is 21.8. The highest BCUT2D eigenvalue weighted by Crippen LogP contribution is 2.26. The molecule has 0 spiro atoms. The van der Waals surface area contributed by atoms with Crippen molar-refractivity contribution in [1.29, 1.82) is 0 Å². The summed E-state index contributed by atoms with van der Waals surface area (Å²) in [6.45, 7) is 1.72. The summed E-state index contributed by atoms with van der Waals surface area (Å²) in [5, 5.41) is 3.21. The number of nitrogens with zero attached hydrogens (tertiary/aromatic N) is 2. The van der Waals surface area contributed by atoms with Crippen LogP contribution in [0.1, 0.15) is 49.3 Å². The summed E-state index contributed by atoms with van der Waals surface area (Å²) in [4.78, 5) is 30.2. The van der Waals surface area contributed by atoms with E-state index in [1.54, 1.807) is 35.2 Å². The van der Waals surface area contributed by atoms with E-state index in [2.05, 4.69) is 5.32 Å². The molecule has 0 bridgehead atoms. The SMILES string of the molecule is CCc1ccc(N(CC(=O)N(Cc2ccccc2)C(Cc2ccccc2)C(=O)NC2CCCC2)S(=O)(=O)c2ccccc2)cc1. The average molecular weight is 624 g/mol. The van der Waals surface area contributed by atoms with Crippen molar-refractivity contribution < 1.29 is 18.0 Å². The number of rotatable bonds is 13. The molecule has 1 aliphatic rings. The predicted molar refractivity (Wildman–Crippen MR) is 178 cm³/mol. The Morgan fingerprint density at radius 1 is 0.756 bits per heavy atom. The minimum atomic E-state index is -4.11. The Hall–Kier alpha value is -4.43. The van der Waals surface area contributed by atoms with Crippen molar-refractivity contribution >= 4 is 27.5 Å². The third-order valence-electron chi connectivity index (χ3n) is 8.41. The fourth-order valence-electron chi connectivity index (χ4n) is 5.85. The minimum Gasteiger partial charge on any atom is -0.352 e. The van der Waals surface area contributed by atoms with Crippen LogP contribution >= 0.6 is 0 Å². The molecule has 45 heavy (non-hydrogen) atoms. The highest BCUT2D eigenvalue weighted by molar-refractivity contribution is 7.92. The largest absolute Gasteiger partial charge is 0.352 e. The second-order valence-corrected chi connectivity index (χ2v) is 13.4. The number of carbonyl (C=O) groups excluding carboxylic acids is 2. The van der Waals surface area contributed by atoms with Gasteiger partial charge in [0.2, 0.25) is 11.8 Å². The molecule has 8 heteroatoms. The highest BCUT2D eigenvalue weighted by Gasteiger charge is 2.35. The second kappa shape index (κ2) is 15.0. The summed E-state index contributed by atoms with van der Waals surface area (Å²) in [6.07, 6.45) is 5.04. The van der Waals surface area contributed by atoms with E-state index in [0.717, 1.165) is 53.1 Å². The molecule has 1 saturated carbocycles. The van der Waals surface area contributed by atoms with Crippen LogP contribution in [0.4, 0.5) is 5.69 Å². The highest BCUT2D eigenvalue weighted by atomic mass is 32.2. The third kappa shape index (κ3) is 8.19. The summed E-state index contributed by atoms with van der Waals surface area (Å²) in [7, 11) is -4.11. The molecule has 4 aromatic rings. The average Bonchev–Trinajstić information content (AvgIpc) is 3.59. The first kappa shape index (κ1) is 32.0. The van der Waals surface area contributed by atoms with Gasteiger partial charge in [0.25, 0.3) is 10.0 Å². The molecule has 0 aromatic heterocycles. The number of hydrogen-bond acceptors (Lipinski definition) is 4. The fraction of sp³-hybridized carbons (Fsp3) is 0.297. The van der Waals surface area contributed by atoms with E-state index in [0.29, 0.717) is 12.1 Å². The normalized spacial score (nSPS) is 14.1. The van der Waals surface area contributed by atoms with E-state index in [-0.39, 0.29) is 23.4 Å². The van der Waals surface area contributed by atoms with Crippen molar-refractivity contribution in [3.8, 4) is 0 Å². The molecule has 4 aromatic carbocycles. The van der Waals surface area contributed by atoms with Crippen LogP contribution in [-0.4, -0.2) is 43.8 Å². The zero-order chi connectivity index (χ0) is 31.6. The van der Waals surface area contributed by atoms with Crippen molar-refractivity contribution in [1.82, 2.24) is 10.2 Å². The molecule has 1 N–H and O–H groups in total. The lowest BCUT2D eigenvalue weighted by Crippen LogP contribution is -2.54. The maximum Gasteiger partial charge on any atom is 0.264 e. The second-order valence-electron chi connectivity index (χ2n) is 11.5. The van der Waals surface area contributed by atoms with Crippen LogP contribution in [-0.2, 0) is 39.0 Å². The van der Waals surface area contributed by atoms with Gasteiger partial charge in [-0.2, -0.15) is 0 Å². The standard InChI is InChI=1S/C37H41N3O4S/c1-2-29-22-24-33(25-23-29)40(45(43,44)34-20-10-5-11-21-34)28-36(41)39(27-31-16-8-4-9-17-31)35(26-30-14-6-3-7-15-30)37(42)38-32-18-12-13-19-32/h3-11,14-17,20-25,32,35H,2,12-13,18-19,26-28H2,1H3,(H,38,42). The summed E-state index contributed by atoms with van der Waals surface area (Å²) < 4.78 is 29.4. The van der Waals surface area contributed by atoms with Crippen LogP contribution in [0.2, 0.25) is 0 Å². The van der Waals surface area contributed by atoms with Gasteiger partial charge in [-0.25, -0.2) is 8.42 Å². The van der Waals surface area contributed by atoms with E-state index in [9.17, 15) is 18.0 Å². The minimum absolute atomic E-state index is 0.0662. The topological polar surface area (TPSA) is 86.8 Å². The van der Waals surface area contributed by atoms with Gasteiger partial charge in [-0.15, -0.1) is 0 Å². The lowest BCUT2D eigenvalue weighted by Gasteiger charge is -2.34.